The SMILES string of the molecule is CCc1ccc(OC)c(C(CCN)C2CCC2)c1. The summed E-state index contributed by atoms with van der Waals surface area (Å²) in [4.78, 5) is 0. The van der Waals surface area contributed by atoms with Gasteiger partial charge in [0.15, 0.2) is 0 Å². The van der Waals surface area contributed by atoms with Crippen LogP contribution in [-0.4, -0.2) is 13.7 Å². The molecule has 1 atom stereocenters. The molecule has 2 rings (SSSR count). The molecule has 1 fully saturated rings. The van der Waals surface area contributed by atoms with Gasteiger partial charge >= 0.3 is 0 Å². The second-order valence-electron chi connectivity index (χ2n) is 5.30. The number of aryl methyl sites for hydroxylation is 1. The molecule has 1 unspecified atom stereocenters. The lowest BCUT2D eigenvalue weighted by Crippen LogP contribution is -2.23. The minimum Gasteiger partial charge on any atom is -0.496 e. The molecule has 0 heterocycles. The van der Waals surface area contributed by atoms with Gasteiger partial charge in [0.25, 0.3) is 0 Å². The minimum atomic E-state index is 0.588. The first-order chi connectivity index (χ1) is 8.80. The van der Waals surface area contributed by atoms with Crippen LogP contribution >= 0.6 is 0 Å². The Kier molecular flexibility index (Phi) is 4.65. The predicted octanol–water partition coefficient (Wildman–Crippen LogP) is 3.49. The van der Waals surface area contributed by atoms with E-state index in [0.717, 1.165) is 31.1 Å². The fourth-order valence-electron chi connectivity index (χ4n) is 2.96. The van der Waals surface area contributed by atoms with Gasteiger partial charge in [0.05, 0.1) is 7.11 Å². The quantitative estimate of drug-likeness (QED) is 0.835. The Morgan fingerprint density at radius 1 is 1.39 bits per heavy atom. The van der Waals surface area contributed by atoms with Crippen molar-refractivity contribution in [3.05, 3.63) is 29.3 Å². The molecule has 100 valence electrons. The zero-order chi connectivity index (χ0) is 13.0. The number of rotatable bonds is 6. The Hall–Kier alpha value is -1.02. The second-order valence-corrected chi connectivity index (χ2v) is 5.30. The van der Waals surface area contributed by atoms with Crippen LogP contribution in [0.5, 0.6) is 5.75 Å². The summed E-state index contributed by atoms with van der Waals surface area (Å²) in [6.07, 6.45) is 6.24. The van der Waals surface area contributed by atoms with E-state index in [1.54, 1.807) is 7.11 Å². The molecule has 1 aromatic carbocycles. The van der Waals surface area contributed by atoms with E-state index in [2.05, 4.69) is 25.1 Å². The number of hydrogen-bond acceptors (Lipinski definition) is 2. The predicted molar refractivity (Wildman–Crippen MR) is 76.1 cm³/mol. The smallest absolute Gasteiger partial charge is 0.122 e. The molecule has 1 aromatic rings. The Balaban J connectivity index is 2.31. The lowest BCUT2D eigenvalue weighted by Gasteiger charge is -2.35. The van der Waals surface area contributed by atoms with E-state index in [1.165, 1.54) is 30.4 Å². The number of nitrogens with two attached hydrogens (primary N) is 1. The van der Waals surface area contributed by atoms with Gasteiger partial charge < -0.3 is 10.5 Å². The zero-order valence-corrected chi connectivity index (χ0v) is 11.6. The van der Waals surface area contributed by atoms with Gasteiger partial charge in [0.1, 0.15) is 5.75 Å². The van der Waals surface area contributed by atoms with Gasteiger partial charge in [-0.25, -0.2) is 0 Å². The maximum Gasteiger partial charge on any atom is 0.122 e. The molecule has 0 spiro atoms. The molecule has 1 aliphatic carbocycles. The lowest BCUT2D eigenvalue weighted by atomic mass is 9.71. The van der Waals surface area contributed by atoms with Gasteiger partial charge in [-0.3, -0.25) is 0 Å². The highest BCUT2D eigenvalue weighted by Crippen LogP contribution is 2.44. The van der Waals surface area contributed by atoms with Crippen LogP contribution in [0.4, 0.5) is 0 Å². The van der Waals surface area contributed by atoms with Crippen molar-refractivity contribution in [2.75, 3.05) is 13.7 Å². The number of benzene rings is 1. The van der Waals surface area contributed by atoms with Crippen molar-refractivity contribution < 1.29 is 4.74 Å². The summed E-state index contributed by atoms with van der Waals surface area (Å²) in [5.41, 5.74) is 8.58. The maximum absolute atomic E-state index is 5.80. The molecule has 1 aliphatic rings. The normalized spacial score (nSPS) is 17.3. The van der Waals surface area contributed by atoms with Crippen LogP contribution in [0.2, 0.25) is 0 Å². The largest absolute Gasteiger partial charge is 0.496 e. The molecular formula is C16H25NO. The first-order valence-electron chi connectivity index (χ1n) is 7.17. The van der Waals surface area contributed by atoms with Gasteiger partial charge in [0, 0.05) is 0 Å². The Labute approximate surface area is 111 Å². The van der Waals surface area contributed by atoms with E-state index in [9.17, 15) is 0 Å². The molecule has 0 aliphatic heterocycles. The highest BCUT2D eigenvalue weighted by atomic mass is 16.5. The van der Waals surface area contributed by atoms with E-state index in [-0.39, 0.29) is 0 Å². The summed E-state index contributed by atoms with van der Waals surface area (Å²) in [6.45, 7) is 2.97. The molecular weight excluding hydrogens is 222 g/mol. The van der Waals surface area contributed by atoms with E-state index >= 15 is 0 Å². The molecule has 0 radical (unpaired) electrons. The van der Waals surface area contributed by atoms with E-state index in [0.29, 0.717) is 5.92 Å². The van der Waals surface area contributed by atoms with Crippen molar-refractivity contribution in [2.45, 2.75) is 44.9 Å². The maximum atomic E-state index is 5.80. The number of hydrogen-bond donors (Lipinski definition) is 1. The van der Waals surface area contributed by atoms with Gasteiger partial charge in [-0.15, -0.1) is 0 Å². The van der Waals surface area contributed by atoms with Crippen molar-refractivity contribution in [1.29, 1.82) is 0 Å². The summed E-state index contributed by atoms with van der Waals surface area (Å²) in [7, 11) is 1.77. The third-order valence-corrected chi connectivity index (χ3v) is 4.30. The third-order valence-electron chi connectivity index (χ3n) is 4.30. The van der Waals surface area contributed by atoms with Crippen molar-refractivity contribution in [1.82, 2.24) is 0 Å². The molecule has 18 heavy (non-hydrogen) atoms. The molecule has 0 saturated heterocycles. The first kappa shape index (κ1) is 13.4. The average molecular weight is 247 g/mol. The van der Waals surface area contributed by atoms with Crippen LogP contribution < -0.4 is 10.5 Å². The summed E-state index contributed by atoms with van der Waals surface area (Å²) in [6, 6.07) is 6.62. The summed E-state index contributed by atoms with van der Waals surface area (Å²) < 4.78 is 5.55. The highest BCUT2D eigenvalue weighted by Gasteiger charge is 2.29. The van der Waals surface area contributed by atoms with E-state index in [1.807, 2.05) is 0 Å². The molecule has 1 saturated carbocycles. The first-order valence-corrected chi connectivity index (χ1v) is 7.17. The van der Waals surface area contributed by atoms with Gasteiger partial charge in [-0.1, -0.05) is 25.5 Å². The van der Waals surface area contributed by atoms with Crippen LogP contribution in [0.1, 0.15) is 49.7 Å². The van der Waals surface area contributed by atoms with Gasteiger partial charge in [0.2, 0.25) is 0 Å². The monoisotopic (exact) mass is 247 g/mol. The summed E-state index contributed by atoms with van der Waals surface area (Å²) >= 11 is 0. The average Bonchev–Trinajstić information content (AvgIpc) is 2.35. The Morgan fingerprint density at radius 2 is 2.17 bits per heavy atom. The Morgan fingerprint density at radius 3 is 2.67 bits per heavy atom. The van der Waals surface area contributed by atoms with E-state index in [4.69, 9.17) is 10.5 Å². The molecule has 2 N–H and O–H groups in total. The third kappa shape index (κ3) is 2.69. The van der Waals surface area contributed by atoms with Gasteiger partial charge in [-0.2, -0.15) is 0 Å². The molecule has 2 nitrogen and oxygen atoms in total. The van der Waals surface area contributed by atoms with Crippen LogP contribution in [0, 0.1) is 5.92 Å². The molecule has 2 heteroatoms. The van der Waals surface area contributed by atoms with E-state index < -0.39 is 0 Å². The van der Waals surface area contributed by atoms with Crippen LogP contribution in [0.3, 0.4) is 0 Å². The van der Waals surface area contributed by atoms with Crippen LogP contribution in [0.15, 0.2) is 18.2 Å². The minimum absolute atomic E-state index is 0.588. The molecule has 0 amide bonds. The highest BCUT2D eigenvalue weighted by molar-refractivity contribution is 5.40. The van der Waals surface area contributed by atoms with Crippen molar-refractivity contribution in [3.63, 3.8) is 0 Å². The molecule has 0 aromatic heterocycles. The lowest BCUT2D eigenvalue weighted by molar-refractivity contribution is 0.248. The topological polar surface area (TPSA) is 35.2 Å². The fourth-order valence-corrected chi connectivity index (χ4v) is 2.96. The fraction of sp³-hybridized carbons (Fsp3) is 0.625. The van der Waals surface area contributed by atoms with Gasteiger partial charge in [-0.05, 0) is 61.3 Å². The van der Waals surface area contributed by atoms with Crippen molar-refractivity contribution >= 4 is 0 Å². The standard InChI is InChI=1S/C16H25NO/c1-3-12-7-8-16(18-2)15(11-12)14(9-10-17)13-5-4-6-13/h7-8,11,13-14H,3-6,9-10,17H2,1-2H3. The second kappa shape index (κ2) is 6.24. The van der Waals surface area contributed by atoms with Crippen molar-refractivity contribution in [3.8, 4) is 5.75 Å². The summed E-state index contributed by atoms with van der Waals surface area (Å²) in [5, 5.41) is 0. The van der Waals surface area contributed by atoms with Crippen LogP contribution in [0.25, 0.3) is 0 Å². The zero-order valence-electron chi connectivity index (χ0n) is 11.6. The van der Waals surface area contributed by atoms with Crippen LogP contribution in [-0.2, 0) is 6.42 Å². The Bertz CT molecular complexity index is 385. The van der Waals surface area contributed by atoms with Crippen molar-refractivity contribution in [2.24, 2.45) is 11.7 Å². The summed E-state index contributed by atoms with van der Waals surface area (Å²) in [5.74, 6) is 2.44. The molecule has 0 bridgehead atoms. The number of methoxy groups -OCH3 is 1. The number of ether oxygens (including phenoxy) is 1.